The average Bonchev–Trinajstić information content (AvgIpc) is 3.26. The molecule has 0 bridgehead atoms. The zero-order valence-electron chi connectivity index (χ0n) is 17.6. The maximum atomic E-state index is 6.14. The molecule has 0 saturated heterocycles. The number of thiocarbonyl (C=S) groups is 1. The van der Waals surface area contributed by atoms with Gasteiger partial charge in [-0.25, -0.2) is 0 Å². The van der Waals surface area contributed by atoms with Crippen molar-refractivity contribution in [1.29, 1.82) is 0 Å². The second-order valence-corrected chi connectivity index (χ2v) is 8.07. The molecule has 0 saturated carbocycles. The number of ether oxygens (including phenoxy) is 1. The van der Waals surface area contributed by atoms with Gasteiger partial charge >= 0.3 is 0 Å². The highest BCUT2D eigenvalue weighted by atomic mass is 35.5. The van der Waals surface area contributed by atoms with Crippen LogP contribution in [-0.4, -0.2) is 33.8 Å². The normalized spacial score (nSPS) is 16.5. The van der Waals surface area contributed by atoms with Crippen molar-refractivity contribution in [1.82, 2.24) is 20.4 Å². The molecule has 8 heteroatoms. The Morgan fingerprint density at radius 3 is 2.77 bits per heavy atom. The number of allylic oxidation sites excluding steroid dienone is 1. The summed E-state index contributed by atoms with van der Waals surface area (Å²) in [6, 6.07) is 15.0. The van der Waals surface area contributed by atoms with E-state index in [1.807, 2.05) is 55.5 Å². The Bertz CT molecular complexity index is 1140. The molecule has 1 aromatic heterocycles. The van der Waals surface area contributed by atoms with Crippen molar-refractivity contribution in [2.75, 3.05) is 13.7 Å². The SMILES string of the molecule is CCCN1C(=S)NC(c2cccc(OC)c2)C(c2nc(-c3cccc(Cl)c3)no2)=C1C. The Morgan fingerprint density at radius 2 is 2.03 bits per heavy atom. The van der Waals surface area contributed by atoms with Crippen LogP contribution in [0.5, 0.6) is 5.75 Å². The minimum Gasteiger partial charge on any atom is -0.497 e. The summed E-state index contributed by atoms with van der Waals surface area (Å²) in [6.07, 6.45) is 0.952. The zero-order valence-corrected chi connectivity index (χ0v) is 19.1. The fourth-order valence-corrected chi connectivity index (χ4v) is 4.24. The van der Waals surface area contributed by atoms with Gasteiger partial charge in [-0.1, -0.05) is 47.9 Å². The number of halogens is 1. The van der Waals surface area contributed by atoms with E-state index in [2.05, 4.69) is 22.3 Å². The standard InChI is InChI=1S/C23H23ClN4O2S/c1-4-11-28-14(2)19(20(25-23(28)31)15-7-6-10-18(13-15)29-3)22-26-21(27-30-22)16-8-5-9-17(24)12-16/h5-10,12-13,20H,4,11H2,1-3H3,(H,25,31). The Labute approximate surface area is 191 Å². The third-order valence-corrected chi connectivity index (χ3v) is 5.78. The highest BCUT2D eigenvalue weighted by Crippen LogP contribution is 2.38. The van der Waals surface area contributed by atoms with Crippen LogP contribution in [0.3, 0.4) is 0 Å². The maximum Gasteiger partial charge on any atom is 0.258 e. The highest BCUT2D eigenvalue weighted by Gasteiger charge is 2.34. The first-order chi connectivity index (χ1) is 15.0. The highest BCUT2D eigenvalue weighted by molar-refractivity contribution is 7.80. The van der Waals surface area contributed by atoms with Gasteiger partial charge in [0.05, 0.1) is 18.7 Å². The largest absolute Gasteiger partial charge is 0.497 e. The topological polar surface area (TPSA) is 63.4 Å². The van der Waals surface area contributed by atoms with Gasteiger partial charge in [0.2, 0.25) is 5.82 Å². The Hall–Kier alpha value is -2.90. The Morgan fingerprint density at radius 1 is 1.23 bits per heavy atom. The van der Waals surface area contributed by atoms with Crippen LogP contribution in [-0.2, 0) is 0 Å². The van der Waals surface area contributed by atoms with Crippen molar-refractivity contribution >= 4 is 34.5 Å². The number of methoxy groups -OCH3 is 1. The van der Waals surface area contributed by atoms with Crippen molar-refractivity contribution in [3.63, 3.8) is 0 Å². The summed E-state index contributed by atoms with van der Waals surface area (Å²) in [5.74, 6) is 1.69. The lowest BCUT2D eigenvalue weighted by molar-refractivity contribution is 0.396. The van der Waals surface area contributed by atoms with E-state index in [-0.39, 0.29) is 6.04 Å². The smallest absolute Gasteiger partial charge is 0.258 e. The molecule has 1 aliphatic heterocycles. The predicted molar refractivity (Wildman–Crippen MR) is 126 cm³/mol. The number of aromatic nitrogens is 2. The van der Waals surface area contributed by atoms with Crippen molar-refractivity contribution in [2.45, 2.75) is 26.3 Å². The van der Waals surface area contributed by atoms with E-state index in [0.717, 1.165) is 41.1 Å². The lowest BCUT2D eigenvalue weighted by Crippen LogP contribution is -2.46. The second-order valence-electron chi connectivity index (χ2n) is 7.24. The summed E-state index contributed by atoms with van der Waals surface area (Å²) >= 11 is 11.8. The number of benzene rings is 2. The lowest BCUT2D eigenvalue weighted by Gasteiger charge is -2.37. The molecule has 160 valence electrons. The van der Waals surface area contributed by atoms with Crippen LogP contribution >= 0.6 is 23.8 Å². The monoisotopic (exact) mass is 454 g/mol. The molecular formula is C23H23ClN4O2S. The molecule has 3 aromatic rings. The molecule has 0 aliphatic carbocycles. The van der Waals surface area contributed by atoms with E-state index < -0.39 is 0 Å². The van der Waals surface area contributed by atoms with E-state index in [1.165, 1.54) is 0 Å². The summed E-state index contributed by atoms with van der Waals surface area (Å²) in [5.41, 5.74) is 3.66. The molecular weight excluding hydrogens is 432 g/mol. The molecule has 2 heterocycles. The fourth-order valence-electron chi connectivity index (χ4n) is 3.70. The predicted octanol–water partition coefficient (Wildman–Crippen LogP) is 5.47. The number of hydrogen-bond donors (Lipinski definition) is 1. The van der Waals surface area contributed by atoms with E-state index >= 15 is 0 Å². The average molecular weight is 455 g/mol. The van der Waals surface area contributed by atoms with Gasteiger partial charge in [0.25, 0.3) is 5.89 Å². The summed E-state index contributed by atoms with van der Waals surface area (Å²) < 4.78 is 11.2. The molecule has 1 aliphatic rings. The number of nitrogens with zero attached hydrogens (tertiary/aromatic N) is 3. The maximum absolute atomic E-state index is 6.14. The Balaban J connectivity index is 1.82. The minimum absolute atomic E-state index is 0.247. The molecule has 2 aromatic carbocycles. The quantitative estimate of drug-likeness (QED) is 0.495. The van der Waals surface area contributed by atoms with Gasteiger partial charge in [0, 0.05) is 22.8 Å². The molecule has 1 N–H and O–H groups in total. The number of rotatable bonds is 6. The third kappa shape index (κ3) is 4.29. The molecule has 6 nitrogen and oxygen atoms in total. The van der Waals surface area contributed by atoms with Crippen LogP contribution in [0.25, 0.3) is 17.0 Å². The van der Waals surface area contributed by atoms with Crippen molar-refractivity contribution in [3.8, 4) is 17.1 Å². The molecule has 0 fully saturated rings. The van der Waals surface area contributed by atoms with Crippen molar-refractivity contribution < 1.29 is 9.26 Å². The van der Waals surface area contributed by atoms with Gasteiger partial charge < -0.3 is 19.5 Å². The van der Waals surface area contributed by atoms with Crippen LogP contribution in [0.4, 0.5) is 0 Å². The van der Waals surface area contributed by atoms with Crippen LogP contribution in [0.15, 0.2) is 58.8 Å². The first-order valence-electron chi connectivity index (χ1n) is 10.0. The van der Waals surface area contributed by atoms with Crippen LogP contribution in [0, 0.1) is 0 Å². The molecule has 0 spiro atoms. The van der Waals surface area contributed by atoms with Gasteiger partial charge in [-0.2, -0.15) is 4.98 Å². The molecule has 1 atom stereocenters. The van der Waals surface area contributed by atoms with Crippen molar-refractivity contribution in [2.24, 2.45) is 0 Å². The third-order valence-electron chi connectivity index (χ3n) is 5.21. The number of nitrogens with one attached hydrogen (secondary N) is 1. The number of hydrogen-bond acceptors (Lipinski definition) is 5. The van der Waals surface area contributed by atoms with E-state index in [0.29, 0.717) is 21.9 Å². The second kappa shape index (κ2) is 9.08. The van der Waals surface area contributed by atoms with E-state index in [9.17, 15) is 0 Å². The summed E-state index contributed by atoms with van der Waals surface area (Å²) in [7, 11) is 1.65. The van der Waals surface area contributed by atoms with Crippen molar-refractivity contribution in [3.05, 3.63) is 70.7 Å². The molecule has 0 radical (unpaired) electrons. The zero-order chi connectivity index (χ0) is 22.0. The summed E-state index contributed by atoms with van der Waals surface area (Å²) in [4.78, 5) is 6.77. The van der Waals surface area contributed by atoms with Crippen LogP contribution in [0.1, 0.15) is 37.8 Å². The van der Waals surface area contributed by atoms with Gasteiger partial charge in [-0.05, 0) is 55.4 Å². The van der Waals surface area contributed by atoms with Gasteiger partial charge in [-0.15, -0.1) is 0 Å². The lowest BCUT2D eigenvalue weighted by atomic mass is 9.94. The van der Waals surface area contributed by atoms with Gasteiger partial charge in [0.1, 0.15) is 5.75 Å². The van der Waals surface area contributed by atoms with Crippen LogP contribution in [0.2, 0.25) is 5.02 Å². The van der Waals surface area contributed by atoms with Crippen LogP contribution < -0.4 is 10.1 Å². The van der Waals surface area contributed by atoms with Gasteiger partial charge in [0.15, 0.2) is 5.11 Å². The minimum atomic E-state index is -0.247. The molecule has 31 heavy (non-hydrogen) atoms. The van der Waals surface area contributed by atoms with Gasteiger partial charge in [-0.3, -0.25) is 0 Å². The molecule has 0 amide bonds. The first kappa shape index (κ1) is 21.3. The first-order valence-corrected chi connectivity index (χ1v) is 10.8. The molecule has 4 rings (SSSR count). The van der Waals surface area contributed by atoms with E-state index in [1.54, 1.807) is 7.11 Å². The van der Waals surface area contributed by atoms with E-state index in [4.69, 9.17) is 38.1 Å². The Kier molecular flexibility index (Phi) is 6.25. The fraction of sp³-hybridized carbons (Fsp3) is 0.261. The molecule has 1 unspecified atom stereocenters. The summed E-state index contributed by atoms with van der Waals surface area (Å²) in [6.45, 7) is 4.95. The summed E-state index contributed by atoms with van der Waals surface area (Å²) in [5, 5.41) is 8.95.